The number of hydrogen-bond donors (Lipinski definition) is 0. The van der Waals surface area contributed by atoms with Gasteiger partial charge in [0.2, 0.25) is 0 Å². The number of nitrogens with zero attached hydrogens (tertiary/aromatic N) is 1. The minimum Gasteiger partial charge on any atom is -0.298 e. The average Bonchev–Trinajstić information content (AvgIpc) is 2.62. The first-order valence-electron chi connectivity index (χ1n) is 4.10. The lowest BCUT2D eigenvalue weighted by Crippen LogP contribution is -1.84. The monoisotopic (exact) mass is 201 g/mol. The highest BCUT2D eigenvalue weighted by Crippen LogP contribution is 2.26. The maximum atomic E-state index is 10.8. The van der Waals surface area contributed by atoms with Crippen molar-refractivity contribution >= 4 is 27.7 Å². The van der Waals surface area contributed by atoms with Crippen LogP contribution >= 0.6 is 11.3 Å². The van der Waals surface area contributed by atoms with E-state index in [1.54, 1.807) is 30.7 Å². The van der Waals surface area contributed by atoms with E-state index in [2.05, 4.69) is 16.8 Å². The van der Waals surface area contributed by atoms with Crippen molar-refractivity contribution in [2.45, 2.75) is 6.92 Å². The highest BCUT2D eigenvalue weighted by atomic mass is 32.1. The molecule has 0 saturated carbocycles. The van der Waals surface area contributed by atoms with Crippen molar-refractivity contribution in [3.63, 3.8) is 0 Å². The summed E-state index contributed by atoms with van der Waals surface area (Å²) in [6.07, 6.45) is 4.15. The molecule has 0 aromatic carbocycles. The van der Waals surface area contributed by atoms with Crippen molar-refractivity contribution in [3.8, 4) is 11.8 Å². The van der Waals surface area contributed by atoms with Gasteiger partial charge in [-0.3, -0.25) is 9.78 Å². The van der Waals surface area contributed by atoms with Gasteiger partial charge in [0.05, 0.1) is 4.70 Å². The van der Waals surface area contributed by atoms with E-state index in [0.29, 0.717) is 5.56 Å². The van der Waals surface area contributed by atoms with Gasteiger partial charge in [-0.2, -0.15) is 0 Å². The van der Waals surface area contributed by atoms with Crippen LogP contribution in [0.2, 0.25) is 0 Å². The van der Waals surface area contributed by atoms with Gasteiger partial charge in [0.25, 0.3) is 0 Å². The summed E-state index contributed by atoms with van der Waals surface area (Å²) in [5.41, 5.74) is 1.53. The number of fused-ring (bicyclic) bond motifs is 1. The van der Waals surface area contributed by atoms with Crippen LogP contribution in [0, 0.1) is 11.8 Å². The Kier molecular flexibility index (Phi) is 2.30. The van der Waals surface area contributed by atoms with Gasteiger partial charge in [0.1, 0.15) is 0 Å². The molecule has 0 fully saturated rings. The summed E-state index contributed by atoms with van der Waals surface area (Å²) >= 11 is 1.56. The van der Waals surface area contributed by atoms with Crippen molar-refractivity contribution in [2.24, 2.45) is 0 Å². The molecule has 68 valence electrons. The quantitative estimate of drug-likeness (QED) is 0.524. The first kappa shape index (κ1) is 8.92. The number of pyridine rings is 1. The van der Waals surface area contributed by atoms with Crippen LogP contribution in [-0.4, -0.2) is 11.3 Å². The largest absolute Gasteiger partial charge is 0.298 e. The Hall–Kier alpha value is -1.66. The van der Waals surface area contributed by atoms with E-state index in [4.69, 9.17) is 0 Å². The van der Waals surface area contributed by atoms with Gasteiger partial charge in [-0.1, -0.05) is 5.92 Å². The maximum absolute atomic E-state index is 10.8. The van der Waals surface area contributed by atoms with Crippen molar-refractivity contribution in [1.29, 1.82) is 0 Å². The second kappa shape index (κ2) is 3.60. The van der Waals surface area contributed by atoms with E-state index in [-0.39, 0.29) is 0 Å². The Bertz CT molecular complexity index is 545. The molecule has 3 heteroatoms. The fraction of sp³-hybridized carbons (Fsp3) is 0.0909. The first-order chi connectivity index (χ1) is 6.86. The van der Waals surface area contributed by atoms with Gasteiger partial charge >= 0.3 is 0 Å². The highest BCUT2D eigenvalue weighted by Gasteiger charge is 2.06. The molecule has 0 N–H and O–H groups in total. The highest BCUT2D eigenvalue weighted by molar-refractivity contribution is 7.17. The van der Waals surface area contributed by atoms with Gasteiger partial charge in [0.15, 0.2) is 6.29 Å². The second-order valence-corrected chi connectivity index (χ2v) is 3.66. The topological polar surface area (TPSA) is 30.0 Å². The van der Waals surface area contributed by atoms with E-state index in [1.165, 1.54) is 0 Å². The lowest BCUT2D eigenvalue weighted by molar-refractivity contribution is 0.112. The fourth-order valence-corrected chi connectivity index (χ4v) is 2.22. The molecule has 2 nitrogen and oxygen atoms in total. The second-order valence-electron chi connectivity index (χ2n) is 2.74. The molecular formula is C11H7NOS. The minimum atomic E-state index is 0.613. The summed E-state index contributed by atoms with van der Waals surface area (Å²) in [5.74, 6) is 5.81. The number of aromatic nitrogens is 1. The van der Waals surface area contributed by atoms with Crippen LogP contribution in [0.25, 0.3) is 10.1 Å². The number of carbonyl (C=O) groups is 1. The SMILES string of the molecule is CC#Cc1csc2cncc(C=O)c12. The molecule has 0 saturated heterocycles. The third-order valence-corrected chi connectivity index (χ3v) is 2.82. The van der Waals surface area contributed by atoms with Crippen LogP contribution in [0.15, 0.2) is 17.8 Å². The smallest absolute Gasteiger partial charge is 0.152 e. The lowest BCUT2D eigenvalue weighted by atomic mass is 10.1. The number of aldehydes is 1. The maximum Gasteiger partial charge on any atom is 0.152 e. The van der Waals surface area contributed by atoms with E-state index in [9.17, 15) is 4.79 Å². The molecule has 0 aliphatic rings. The Morgan fingerprint density at radius 1 is 1.50 bits per heavy atom. The summed E-state index contributed by atoms with van der Waals surface area (Å²) in [4.78, 5) is 14.8. The van der Waals surface area contributed by atoms with E-state index in [0.717, 1.165) is 21.9 Å². The van der Waals surface area contributed by atoms with Crippen LogP contribution in [0.1, 0.15) is 22.8 Å². The standard InChI is InChI=1S/C11H7NOS/c1-2-3-8-7-14-10-5-12-4-9(6-13)11(8)10/h4-7H,1H3. The lowest BCUT2D eigenvalue weighted by Gasteiger charge is -1.93. The molecule has 0 aliphatic carbocycles. The van der Waals surface area contributed by atoms with Crippen molar-refractivity contribution < 1.29 is 4.79 Å². The number of rotatable bonds is 1. The molecule has 2 rings (SSSR count). The normalized spacial score (nSPS) is 9.50. The van der Waals surface area contributed by atoms with E-state index < -0.39 is 0 Å². The molecular weight excluding hydrogens is 194 g/mol. The summed E-state index contributed by atoms with van der Waals surface area (Å²) in [5, 5.41) is 2.88. The Labute approximate surface area is 85.6 Å². The number of carbonyl (C=O) groups excluding carboxylic acids is 1. The molecule has 14 heavy (non-hydrogen) atoms. The molecule has 0 unspecified atom stereocenters. The molecule has 0 spiro atoms. The van der Waals surface area contributed by atoms with Gasteiger partial charge in [-0.05, 0) is 6.92 Å². The third-order valence-electron chi connectivity index (χ3n) is 1.90. The van der Waals surface area contributed by atoms with Gasteiger partial charge in [-0.15, -0.1) is 17.3 Å². The Morgan fingerprint density at radius 3 is 3.07 bits per heavy atom. The summed E-state index contributed by atoms with van der Waals surface area (Å²) < 4.78 is 1.01. The molecule has 0 amide bonds. The molecule has 2 aromatic heterocycles. The predicted molar refractivity (Wildman–Crippen MR) is 57.6 cm³/mol. The summed E-state index contributed by atoms with van der Waals surface area (Å²) in [7, 11) is 0. The zero-order valence-electron chi connectivity index (χ0n) is 7.57. The van der Waals surface area contributed by atoms with Crippen LogP contribution in [0.4, 0.5) is 0 Å². The first-order valence-corrected chi connectivity index (χ1v) is 4.98. The molecule has 2 heterocycles. The van der Waals surface area contributed by atoms with E-state index in [1.807, 2.05) is 5.38 Å². The third kappa shape index (κ3) is 1.30. The Morgan fingerprint density at radius 2 is 2.36 bits per heavy atom. The Balaban J connectivity index is 2.85. The number of thiophene rings is 1. The zero-order valence-corrected chi connectivity index (χ0v) is 8.39. The predicted octanol–water partition coefficient (Wildman–Crippen LogP) is 2.48. The zero-order chi connectivity index (χ0) is 9.97. The van der Waals surface area contributed by atoms with Crippen LogP contribution in [0.5, 0.6) is 0 Å². The van der Waals surface area contributed by atoms with Crippen LogP contribution in [0.3, 0.4) is 0 Å². The summed E-state index contributed by atoms with van der Waals surface area (Å²) in [6, 6.07) is 0. The molecule has 0 bridgehead atoms. The minimum absolute atomic E-state index is 0.613. The van der Waals surface area contributed by atoms with Crippen LogP contribution < -0.4 is 0 Å². The molecule has 0 radical (unpaired) electrons. The summed E-state index contributed by atoms with van der Waals surface area (Å²) in [6.45, 7) is 1.78. The van der Waals surface area contributed by atoms with Crippen molar-refractivity contribution in [1.82, 2.24) is 4.98 Å². The van der Waals surface area contributed by atoms with Gasteiger partial charge in [-0.25, -0.2) is 0 Å². The van der Waals surface area contributed by atoms with Crippen LogP contribution in [-0.2, 0) is 0 Å². The van der Waals surface area contributed by atoms with Crippen molar-refractivity contribution in [2.75, 3.05) is 0 Å². The molecule has 2 aromatic rings. The van der Waals surface area contributed by atoms with Gasteiger partial charge < -0.3 is 0 Å². The average molecular weight is 201 g/mol. The molecule has 0 aliphatic heterocycles. The van der Waals surface area contributed by atoms with Gasteiger partial charge in [0, 0.05) is 34.3 Å². The number of hydrogen-bond acceptors (Lipinski definition) is 3. The van der Waals surface area contributed by atoms with E-state index >= 15 is 0 Å². The van der Waals surface area contributed by atoms with Crippen molar-refractivity contribution in [3.05, 3.63) is 28.9 Å². The fourth-order valence-electron chi connectivity index (χ4n) is 1.33. The molecule has 0 atom stereocenters.